The van der Waals surface area contributed by atoms with Gasteiger partial charge in [0.15, 0.2) is 0 Å². The number of ether oxygens (including phenoxy) is 1. The van der Waals surface area contributed by atoms with Gasteiger partial charge in [0.05, 0.1) is 31.9 Å². The molecular formula is C31H43FN4O3. The lowest BCUT2D eigenvalue weighted by Gasteiger charge is -2.48. The molecule has 3 aliphatic heterocycles. The number of hydrogen-bond acceptors (Lipinski definition) is 6. The summed E-state index contributed by atoms with van der Waals surface area (Å²) in [6, 6.07) is 13.5. The van der Waals surface area contributed by atoms with Crippen LogP contribution in [0.25, 0.3) is 0 Å². The maximum atomic E-state index is 13.9. The van der Waals surface area contributed by atoms with Gasteiger partial charge < -0.3 is 20.1 Å². The molecule has 2 aromatic carbocycles. The molecule has 7 nitrogen and oxygen atoms in total. The van der Waals surface area contributed by atoms with Gasteiger partial charge in [-0.1, -0.05) is 38.1 Å². The van der Waals surface area contributed by atoms with Gasteiger partial charge in [0.25, 0.3) is 0 Å². The van der Waals surface area contributed by atoms with Crippen LogP contribution in [0.15, 0.2) is 42.5 Å². The zero-order valence-corrected chi connectivity index (χ0v) is 23.8. The zero-order chi connectivity index (χ0) is 27.8. The van der Waals surface area contributed by atoms with Crippen LogP contribution in [-0.2, 0) is 21.4 Å². The largest absolute Gasteiger partial charge is 0.394 e. The lowest BCUT2D eigenvalue weighted by atomic mass is 9.86. The fourth-order valence-electron chi connectivity index (χ4n) is 6.31. The molecule has 0 aromatic heterocycles. The number of hydrogen-bond donors (Lipinski definition) is 2. The minimum atomic E-state index is -0.407. The molecular weight excluding hydrogens is 495 g/mol. The first-order chi connectivity index (χ1) is 18.6. The summed E-state index contributed by atoms with van der Waals surface area (Å²) in [5, 5.41) is 13.7. The van der Waals surface area contributed by atoms with Gasteiger partial charge >= 0.3 is 0 Å². The molecule has 5 rings (SSSR count). The van der Waals surface area contributed by atoms with E-state index in [2.05, 4.69) is 54.1 Å². The van der Waals surface area contributed by atoms with Crippen molar-refractivity contribution in [3.8, 4) is 0 Å². The Hall–Kier alpha value is -2.36. The van der Waals surface area contributed by atoms with Crippen LogP contribution in [0.5, 0.6) is 0 Å². The summed E-state index contributed by atoms with van der Waals surface area (Å²) in [5.74, 6) is -0.117. The molecule has 2 saturated heterocycles. The SMILES string of the molecule is C[C@@H]1CN(CC(=O)N2CC(C)(C)c3ccc(Cc4ccc(F)cc4)cc32)[C@@H](CN2CCOC[C@@]2(C)CO)CN1. The third-order valence-corrected chi connectivity index (χ3v) is 8.78. The van der Waals surface area contributed by atoms with Crippen LogP contribution in [0.3, 0.4) is 0 Å². The monoisotopic (exact) mass is 538 g/mol. The highest BCUT2D eigenvalue weighted by Gasteiger charge is 2.41. The number of rotatable bonds is 7. The van der Waals surface area contributed by atoms with E-state index in [9.17, 15) is 14.3 Å². The molecule has 0 aliphatic carbocycles. The van der Waals surface area contributed by atoms with Crippen LogP contribution in [-0.4, -0.2) is 97.5 Å². The van der Waals surface area contributed by atoms with Crippen molar-refractivity contribution in [1.82, 2.24) is 15.1 Å². The van der Waals surface area contributed by atoms with Crippen molar-refractivity contribution in [2.45, 2.75) is 57.2 Å². The van der Waals surface area contributed by atoms with Gasteiger partial charge in [0.2, 0.25) is 5.91 Å². The van der Waals surface area contributed by atoms with E-state index in [1.54, 1.807) is 0 Å². The summed E-state index contributed by atoms with van der Waals surface area (Å²) >= 11 is 0. The Labute approximate surface area is 231 Å². The van der Waals surface area contributed by atoms with E-state index in [-0.39, 0.29) is 29.8 Å². The van der Waals surface area contributed by atoms with Gasteiger partial charge in [0, 0.05) is 55.9 Å². The van der Waals surface area contributed by atoms with Crippen molar-refractivity contribution < 1.29 is 19.0 Å². The van der Waals surface area contributed by atoms with Crippen LogP contribution in [0.2, 0.25) is 0 Å². The third kappa shape index (κ3) is 6.05. The quantitative estimate of drug-likeness (QED) is 0.565. The fraction of sp³-hybridized carbons (Fsp3) is 0.581. The molecule has 2 N–H and O–H groups in total. The second kappa shape index (κ2) is 11.3. The van der Waals surface area contributed by atoms with Crippen LogP contribution in [0.4, 0.5) is 10.1 Å². The second-order valence-electron chi connectivity index (χ2n) is 12.6. The molecule has 3 aliphatic rings. The van der Waals surface area contributed by atoms with E-state index in [0.29, 0.717) is 38.8 Å². The molecule has 0 bridgehead atoms. The Bertz CT molecular complexity index is 1170. The molecule has 0 saturated carbocycles. The molecule has 1 amide bonds. The number of aliphatic hydroxyl groups excluding tert-OH is 1. The van der Waals surface area contributed by atoms with Crippen molar-refractivity contribution in [1.29, 1.82) is 0 Å². The highest BCUT2D eigenvalue weighted by Crippen LogP contribution is 2.41. The van der Waals surface area contributed by atoms with Crippen LogP contribution < -0.4 is 10.2 Å². The number of nitrogens with zero attached hydrogens (tertiary/aromatic N) is 3. The van der Waals surface area contributed by atoms with Gasteiger partial charge in [-0.05, 0) is 55.2 Å². The molecule has 3 heterocycles. The minimum absolute atomic E-state index is 0.0440. The van der Waals surface area contributed by atoms with Gasteiger partial charge in [-0.25, -0.2) is 4.39 Å². The third-order valence-electron chi connectivity index (χ3n) is 8.78. The molecule has 8 heteroatoms. The highest BCUT2D eigenvalue weighted by molar-refractivity contribution is 5.97. The first-order valence-electron chi connectivity index (χ1n) is 14.2. The molecule has 0 spiro atoms. The number of nitrogens with one attached hydrogen (secondary N) is 1. The Morgan fingerprint density at radius 1 is 1.15 bits per heavy atom. The normalized spacial score (nSPS) is 27.5. The van der Waals surface area contributed by atoms with Crippen molar-refractivity contribution in [3.63, 3.8) is 0 Å². The van der Waals surface area contributed by atoms with Crippen molar-refractivity contribution in [2.24, 2.45) is 0 Å². The molecule has 2 fully saturated rings. The summed E-state index contributed by atoms with van der Waals surface area (Å²) in [6.45, 7) is 14.0. The molecule has 212 valence electrons. The summed E-state index contributed by atoms with van der Waals surface area (Å²) in [4.78, 5) is 20.6. The number of benzene rings is 2. The van der Waals surface area contributed by atoms with Gasteiger partial charge in [0.1, 0.15) is 5.82 Å². The fourth-order valence-corrected chi connectivity index (χ4v) is 6.31. The van der Waals surface area contributed by atoms with Crippen molar-refractivity contribution in [3.05, 3.63) is 65.0 Å². The number of amides is 1. The molecule has 0 unspecified atom stereocenters. The maximum Gasteiger partial charge on any atom is 0.241 e. The predicted molar refractivity (Wildman–Crippen MR) is 152 cm³/mol. The zero-order valence-electron chi connectivity index (χ0n) is 23.8. The molecule has 2 aromatic rings. The van der Waals surface area contributed by atoms with E-state index in [0.717, 1.165) is 43.0 Å². The predicted octanol–water partition coefficient (Wildman–Crippen LogP) is 2.79. The average Bonchev–Trinajstić information content (AvgIpc) is 3.18. The Kier molecular flexibility index (Phi) is 8.13. The first-order valence-corrected chi connectivity index (χ1v) is 14.2. The van der Waals surface area contributed by atoms with E-state index in [1.165, 1.54) is 17.7 Å². The Morgan fingerprint density at radius 2 is 1.90 bits per heavy atom. The van der Waals surface area contributed by atoms with Gasteiger partial charge in [-0.2, -0.15) is 0 Å². The van der Waals surface area contributed by atoms with Crippen LogP contribution in [0, 0.1) is 5.82 Å². The van der Waals surface area contributed by atoms with Gasteiger partial charge in [-0.3, -0.25) is 14.6 Å². The van der Waals surface area contributed by atoms with Crippen LogP contribution >= 0.6 is 0 Å². The van der Waals surface area contributed by atoms with Gasteiger partial charge in [-0.15, -0.1) is 0 Å². The van der Waals surface area contributed by atoms with Crippen LogP contribution in [0.1, 0.15) is 44.4 Å². The number of anilines is 1. The number of fused-ring (bicyclic) bond motifs is 1. The number of halogens is 1. The van der Waals surface area contributed by atoms with E-state index >= 15 is 0 Å². The number of carbonyl (C=O) groups excluding carboxylic acids is 1. The van der Waals surface area contributed by atoms with Crippen molar-refractivity contribution >= 4 is 11.6 Å². The molecule has 0 radical (unpaired) electrons. The molecule has 39 heavy (non-hydrogen) atoms. The average molecular weight is 539 g/mol. The second-order valence-corrected chi connectivity index (χ2v) is 12.6. The minimum Gasteiger partial charge on any atom is -0.394 e. The topological polar surface area (TPSA) is 68.3 Å². The lowest BCUT2D eigenvalue weighted by molar-refractivity contribution is -0.122. The lowest BCUT2D eigenvalue weighted by Crippen LogP contribution is -2.65. The highest BCUT2D eigenvalue weighted by atomic mass is 19.1. The number of aliphatic hydroxyl groups is 1. The first kappa shape index (κ1) is 28.2. The maximum absolute atomic E-state index is 13.9. The van der Waals surface area contributed by atoms with E-state index < -0.39 is 5.54 Å². The Balaban J connectivity index is 1.33. The van der Waals surface area contributed by atoms with E-state index in [1.807, 2.05) is 24.0 Å². The number of carbonyl (C=O) groups is 1. The summed E-state index contributed by atoms with van der Waals surface area (Å²) in [5.41, 5.74) is 3.80. The van der Waals surface area contributed by atoms with Crippen molar-refractivity contribution in [2.75, 3.05) is 64.0 Å². The summed E-state index contributed by atoms with van der Waals surface area (Å²) in [7, 11) is 0. The number of morpholine rings is 1. The molecule has 3 atom stereocenters. The van der Waals surface area contributed by atoms with E-state index in [4.69, 9.17) is 4.74 Å². The summed E-state index contributed by atoms with van der Waals surface area (Å²) < 4.78 is 19.1. The number of piperazine rings is 1. The Morgan fingerprint density at radius 3 is 2.64 bits per heavy atom. The summed E-state index contributed by atoms with van der Waals surface area (Å²) in [6.07, 6.45) is 0.691. The standard InChI is InChI=1S/C31H43FN4O3/c1-22-16-34(26(15-33-22)17-35-11-12-39-21-31(35,4)20-37)18-29(38)36-19-30(2,3)27-10-7-24(14-28(27)36)13-23-5-8-25(32)9-6-23/h5-10,14,22,26,33,37H,11-13,15-21H2,1-4H3/t22-,26-,31-/m1/s1. The smallest absolute Gasteiger partial charge is 0.241 e.